The second-order valence-electron chi connectivity index (χ2n) is 4.86. The molecular formula is C18H15FO4. The summed E-state index contributed by atoms with van der Waals surface area (Å²) < 4.78 is 18.2. The maximum absolute atomic E-state index is 12.9. The third-order valence-corrected chi connectivity index (χ3v) is 3.20. The summed E-state index contributed by atoms with van der Waals surface area (Å²) in [4.78, 5) is 22.8. The maximum atomic E-state index is 12.9. The van der Waals surface area contributed by atoms with Crippen molar-refractivity contribution in [3.05, 3.63) is 77.1 Å². The Kier molecular flexibility index (Phi) is 5.25. The van der Waals surface area contributed by atoms with Crippen molar-refractivity contribution in [2.75, 3.05) is 6.61 Å². The molecule has 0 amide bonds. The standard InChI is InChI=1S/C18H15FO4/c1-12(18(21)22)10-11-23-16-8-4-14(5-9-16)17(20)13-2-6-15(19)7-3-13/h2-10H,11H2,1H3,(H,21,22)/b12-10+. The van der Waals surface area contributed by atoms with Gasteiger partial charge in [-0.05, 0) is 61.5 Å². The number of carboxylic acids is 1. The fourth-order valence-corrected chi connectivity index (χ4v) is 1.82. The summed E-state index contributed by atoms with van der Waals surface area (Å²) in [5.41, 5.74) is 1.06. The van der Waals surface area contributed by atoms with Crippen LogP contribution in [-0.2, 0) is 4.79 Å². The van der Waals surface area contributed by atoms with Crippen molar-refractivity contribution >= 4 is 11.8 Å². The van der Waals surface area contributed by atoms with E-state index in [1.54, 1.807) is 24.3 Å². The predicted octanol–water partition coefficient (Wildman–Crippen LogP) is 3.47. The van der Waals surface area contributed by atoms with E-state index < -0.39 is 11.8 Å². The zero-order valence-corrected chi connectivity index (χ0v) is 12.5. The number of benzene rings is 2. The van der Waals surface area contributed by atoms with E-state index in [2.05, 4.69) is 0 Å². The van der Waals surface area contributed by atoms with Crippen LogP contribution in [0.5, 0.6) is 5.75 Å². The van der Waals surface area contributed by atoms with Crippen LogP contribution in [-0.4, -0.2) is 23.5 Å². The molecule has 0 heterocycles. The summed E-state index contributed by atoms with van der Waals surface area (Å²) in [5.74, 6) is -1.07. The molecule has 0 saturated carbocycles. The Morgan fingerprint density at radius 2 is 1.57 bits per heavy atom. The van der Waals surface area contributed by atoms with Crippen molar-refractivity contribution in [3.63, 3.8) is 0 Å². The molecule has 2 aromatic rings. The Bertz CT molecular complexity index is 731. The fourth-order valence-electron chi connectivity index (χ4n) is 1.82. The number of ether oxygens (including phenoxy) is 1. The molecular weight excluding hydrogens is 299 g/mol. The van der Waals surface area contributed by atoms with Gasteiger partial charge in [0.1, 0.15) is 18.2 Å². The normalized spacial score (nSPS) is 11.1. The van der Waals surface area contributed by atoms with Crippen molar-refractivity contribution < 1.29 is 23.8 Å². The molecule has 0 atom stereocenters. The first-order chi connectivity index (χ1) is 11.0. The lowest BCUT2D eigenvalue weighted by molar-refractivity contribution is -0.132. The third-order valence-electron chi connectivity index (χ3n) is 3.20. The van der Waals surface area contributed by atoms with E-state index in [-0.39, 0.29) is 18.0 Å². The molecule has 0 fully saturated rings. The first kappa shape index (κ1) is 16.4. The number of carbonyl (C=O) groups is 2. The minimum atomic E-state index is -0.992. The van der Waals surface area contributed by atoms with Crippen molar-refractivity contribution in [1.82, 2.24) is 0 Å². The molecule has 1 N–H and O–H groups in total. The van der Waals surface area contributed by atoms with E-state index in [1.807, 2.05) is 0 Å². The Hall–Kier alpha value is -2.95. The molecule has 0 unspecified atom stereocenters. The lowest BCUT2D eigenvalue weighted by atomic mass is 10.0. The van der Waals surface area contributed by atoms with E-state index in [0.717, 1.165) is 0 Å². The van der Waals surface area contributed by atoms with Gasteiger partial charge in [-0.1, -0.05) is 0 Å². The molecule has 0 saturated heterocycles. The first-order valence-corrected chi connectivity index (χ1v) is 6.90. The minimum Gasteiger partial charge on any atom is -0.490 e. The number of hydrogen-bond acceptors (Lipinski definition) is 3. The number of carboxylic acid groups (broad SMARTS) is 1. The molecule has 118 valence electrons. The number of rotatable bonds is 6. The number of halogens is 1. The highest BCUT2D eigenvalue weighted by Crippen LogP contribution is 2.16. The van der Waals surface area contributed by atoms with E-state index in [9.17, 15) is 14.0 Å². The monoisotopic (exact) mass is 314 g/mol. The van der Waals surface area contributed by atoms with Crippen LogP contribution in [0, 0.1) is 5.82 Å². The molecule has 0 spiro atoms. The smallest absolute Gasteiger partial charge is 0.331 e. The largest absolute Gasteiger partial charge is 0.490 e. The van der Waals surface area contributed by atoms with Crippen LogP contribution in [0.2, 0.25) is 0 Å². The van der Waals surface area contributed by atoms with Crippen LogP contribution in [0.15, 0.2) is 60.2 Å². The molecule has 0 radical (unpaired) electrons. The lowest BCUT2D eigenvalue weighted by Gasteiger charge is -2.05. The van der Waals surface area contributed by atoms with Crippen LogP contribution in [0.4, 0.5) is 4.39 Å². The Morgan fingerprint density at radius 1 is 1.04 bits per heavy atom. The quantitative estimate of drug-likeness (QED) is 0.655. The van der Waals surface area contributed by atoms with Crippen molar-refractivity contribution in [1.29, 1.82) is 0 Å². The summed E-state index contributed by atoms with van der Waals surface area (Å²) in [6.07, 6.45) is 1.46. The molecule has 4 nitrogen and oxygen atoms in total. The van der Waals surface area contributed by atoms with Gasteiger partial charge in [-0.25, -0.2) is 9.18 Å². The SMILES string of the molecule is C/C(=C\COc1ccc(C(=O)c2ccc(F)cc2)cc1)C(=O)O. The van der Waals surface area contributed by atoms with Crippen molar-refractivity contribution in [3.8, 4) is 5.75 Å². The molecule has 0 bridgehead atoms. The maximum Gasteiger partial charge on any atom is 0.331 e. The Balaban J connectivity index is 2.02. The van der Waals surface area contributed by atoms with E-state index in [1.165, 1.54) is 37.3 Å². The van der Waals surface area contributed by atoms with Crippen LogP contribution in [0.3, 0.4) is 0 Å². The van der Waals surface area contributed by atoms with Gasteiger partial charge in [0, 0.05) is 16.7 Å². The lowest BCUT2D eigenvalue weighted by Crippen LogP contribution is -2.02. The topological polar surface area (TPSA) is 63.6 Å². The average Bonchev–Trinajstić information content (AvgIpc) is 2.55. The van der Waals surface area contributed by atoms with Crippen molar-refractivity contribution in [2.24, 2.45) is 0 Å². The van der Waals surface area contributed by atoms with E-state index in [4.69, 9.17) is 9.84 Å². The second kappa shape index (κ2) is 7.35. The third kappa shape index (κ3) is 4.51. The molecule has 5 heteroatoms. The molecule has 2 rings (SSSR count). The number of carbonyl (C=O) groups excluding carboxylic acids is 1. The van der Waals surface area contributed by atoms with Gasteiger partial charge in [0.15, 0.2) is 5.78 Å². The summed E-state index contributed by atoms with van der Waals surface area (Å²) in [6.45, 7) is 1.61. The van der Waals surface area contributed by atoms with Gasteiger partial charge in [-0.15, -0.1) is 0 Å². The van der Waals surface area contributed by atoms with Crippen LogP contribution < -0.4 is 4.74 Å². The van der Waals surface area contributed by atoms with Gasteiger partial charge in [-0.3, -0.25) is 4.79 Å². The molecule has 0 aromatic heterocycles. The predicted molar refractivity (Wildman–Crippen MR) is 83.2 cm³/mol. The van der Waals surface area contributed by atoms with Gasteiger partial charge in [0.05, 0.1) is 0 Å². The first-order valence-electron chi connectivity index (χ1n) is 6.90. The molecule has 2 aromatic carbocycles. The van der Waals surface area contributed by atoms with Crippen LogP contribution >= 0.6 is 0 Å². The van der Waals surface area contributed by atoms with Crippen LogP contribution in [0.25, 0.3) is 0 Å². The Labute approximate surface area is 132 Å². The average molecular weight is 314 g/mol. The van der Waals surface area contributed by atoms with Gasteiger partial charge < -0.3 is 9.84 Å². The zero-order valence-electron chi connectivity index (χ0n) is 12.5. The van der Waals surface area contributed by atoms with Gasteiger partial charge in [-0.2, -0.15) is 0 Å². The molecule has 0 aliphatic carbocycles. The summed E-state index contributed by atoms with van der Waals surface area (Å²) >= 11 is 0. The second-order valence-corrected chi connectivity index (χ2v) is 4.86. The molecule has 23 heavy (non-hydrogen) atoms. The van der Waals surface area contributed by atoms with Crippen molar-refractivity contribution in [2.45, 2.75) is 6.92 Å². The number of hydrogen-bond donors (Lipinski definition) is 1. The summed E-state index contributed by atoms with van der Waals surface area (Å²) in [5, 5.41) is 8.72. The minimum absolute atomic E-state index is 0.128. The summed E-state index contributed by atoms with van der Waals surface area (Å²) in [7, 11) is 0. The van der Waals surface area contributed by atoms with E-state index >= 15 is 0 Å². The van der Waals surface area contributed by atoms with Gasteiger partial charge in [0.2, 0.25) is 0 Å². The van der Waals surface area contributed by atoms with Crippen LogP contribution in [0.1, 0.15) is 22.8 Å². The highest BCUT2D eigenvalue weighted by molar-refractivity contribution is 6.08. The number of ketones is 1. The Morgan fingerprint density at radius 3 is 2.09 bits per heavy atom. The highest BCUT2D eigenvalue weighted by atomic mass is 19.1. The fraction of sp³-hybridized carbons (Fsp3) is 0.111. The van der Waals surface area contributed by atoms with Gasteiger partial charge in [0.25, 0.3) is 0 Å². The zero-order chi connectivity index (χ0) is 16.8. The molecule has 0 aliphatic rings. The summed E-state index contributed by atoms with van der Waals surface area (Å²) in [6, 6.07) is 11.8. The van der Waals surface area contributed by atoms with Gasteiger partial charge >= 0.3 is 5.97 Å². The highest BCUT2D eigenvalue weighted by Gasteiger charge is 2.09. The molecule has 0 aliphatic heterocycles. The van der Waals surface area contributed by atoms with E-state index in [0.29, 0.717) is 16.9 Å². The number of aliphatic carboxylic acids is 1.